The second kappa shape index (κ2) is 7.23. The van der Waals surface area contributed by atoms with Crippen molar-refractivity contribution in [2.75, 3.05) is 13.1 Å². The number of likely N-dealkylation sites (tertiary alicyclic amines) is 1. The lowest BCUT2D eigenvalue weighted by atomic mass is 10.1. The summed E-state index contributed by atoms with van der Waals surface area (Å²) in [5.41, 5.74) is 2.95. The molecule has 0 atom stereocenters. The number of carbonyl (C=O) groups excluding carboxylic acids is 1. The van der Waals surface area contributed by atoms with Gasteiger partial charge in [-0.05, 0) is 49.2 Å². The fraction of sp³-hybridized carbons (Fsp3) is 0.316. The normalized spacial score (nSPS) is 14.9. The highest BCUT2D eigenvalue weighted by Crippen LogP contribution is 2.17. The summed E-state index contributed by atoms with van der Waals surface area (Å²) in [5, 5.41) is 0. The molecule has 2 aromatic rings. The Bertz CT molecular complexity index is 618. The summed E-state index contributed by atoms with van der Waals surface area (Å²) in [6.45, 7) is 3.60. The van der Waals surface area contributed by atoms with E-state index in [0.717, 1.165) is 25.2 Å². The Hall–Kier alpha value is -2.13. The highest BCUT2D eigenvalue weighted by atomic mass is 16.5. The summed E-state index contributed by atoms with van der Waals surface area (Å²) in [4.78, 5) is 14.5. The van der Waals surface area contributed by atoms with Crippen molar-refractivity contribution in [2.45, 2.75) is 26.0 Å². The molecule has 3 nitrogen and oxygen atoms in total. The standard InChI is InChI=1S/C19H21NO2/c21-19(16-8-2-1-3-9-16)22-15-18-11-5-4-10-17(18)14-20-12-6-7-13-20/h1-5,8-11H,6-7,12-15H2. The maximum atomic E-state index is 12.0. The van der Waals surface area contributed by atoms with Gasteiger partial charge in [0.05, 0.1) is 5.56 Å². The van der Waals surface area contributed by atoms with Crippen molar-refractivity contribution in [1.29, 1.82) is 0 Å². The average Bonchev–Trinajstić information content (AvgIpc) is 3.07. The van der Waals surface area contributed by atoms with E-state index < -0.39 is 0 Å². The second-order valence-electron chi connectivity index (χ2n) is 5.69. The van der Waals surface area contributed by atoms with E-state index in [4.69, 9.17) is 4.74 Å². The summed E-state index contributed by atoms with van der Waals surface area (Å²) < 4.78 is 5.46. The van der Waals surface area contributed by atoms with Crippen molar-refractivity contribution in [3.8, 4) is 0 Å². The molecule has 0 aromatic heterocycles. The number of nitrogens with zero attached hydrogens (tertiary/aromatic N) is 1. The van der Waals surface area contributed by atoms with E-state index in [0.29, 0.717) is 12.2 Å². The Morgan fingerprint density at radius 3 is 2.27 bits per heavy atom. The van der Waals surface area contributed by atoms with Crippen molar-refractivity contribution in [3.63, 3.8) is 0 Å². The smallest absolute Gasteiger partial charge is 0.338 e. The van der Waals surface area contributed by atoms with Gasteiger partial charge in [0.1, 0.15) is 6.61 Å². The lowest BCUT2D eigenvalue weighted by Gasteiger charge is -2.17. The molecule has 3 rings (SSSR count). The third-order valence-corrected chi connectivity index (χ3v) is 4.08. The highest BCUT2D eigenvalue weighted by Gasteiger charge is 2.14. The fourth-order valence-corrected chi connectivity index (χ4v) is 2.84. The number of hydrogen-bond acceptors (Lipinski definition) is 3. The molecule has 3 heteroatoms. The molecule has 0 saturated carbocycles. The molecule has 0 amide bonds. The number of rotatable bonds is 5. The Labute approximate surface area is 131 Å². The van der Waals surface area contributed by atoms with Gasteiger partial charge < -0.3 is 4.74 Å². The van der Waals surface area contributed by atoms with Gasteiger partial charge in [-0.2, -0.15) is 0 Å². The zero-order valence-corrected chi connectivity index (χ0v) is 12.7. The minimum Gasteiger partial charge on any atom is -0.457 e. The number of hydrogen-bond donors (Lipinski definition) is 0. The lowest BCUT2D eigenvalue weighted by Crippen LogP contribution is -2.19. The van der Waals surface area contributed by atoms with Crippen LogP contribution >= 0.6 is 0 Å². The summed E-state index contributed by atoms with van der Waals surface area (Å²) in [5.74, 6) is -0.267. The molecule has 1 aliphatic heterocycles. The monoisotopic (exact) mass is 295 g/mol. The van der Waals surface area contributed by atoms with Gasteiger partial charge in [-0.15, -0.1) is 0 Å². The van der Waals surface area contributed by atoms with Crippen LogP contribution in [0.25, 0.3) is 0 Å². The van der Waals surface area contributed by atoms with Gasteiger partial charge in [-0.25, -0.2) is 4.79 Å². The zero-order chi connectivity index (χ0) is 15.2. The Morgan fingerprint density at radius 1 is 0.909 bits per heavy atom. The lowest BCUT2D eigenvalue weighted by molar-refractivity contribution is 0.0471. The largest absolute Gasteiger partial charge is 0.457 e. The van der Waals surface area contributed by atoms with E-state index in [1.807, 2.05) is 36.4 Å². The van der Waals surface area contributed by atoms with Crippen molar-refractivity contribution in [2.24, 2.45) is 0 Å². The molecule has 114 valence electrons. The maximum Gasteiger partial charge on any atom is 0.338 e. The van der Waals surface area contributed by atoms with Crippen molar-refractivity contribution >= 4 is 5.97 Å². The summed E-state index contributed by atoms with van der Waals surface area (Å²) in [7, 11) is 0. The molecule has 0 bridgehead atoms. The van der Waals surface area contributed by atoms with Crippen LogP contribution in [0.2, 0.25) is 0 Å². The topological polar surface area (TPSA) is 29.5 Å². The molecule has 1 aliphatic rings. The minimum absolute atomic E-state index is 0.267. The van der Waals surface area contributed by atoms with Gasteiger partial charge in [0.25, 0.3) is 0 Å². The van der Waals surface area contributed by atoms with E-state index in [-0.39, 0.29) is 5.97 Å². The molecule has 2 aromatic carbocycles. The zero-order valence-electron chi connectivity index (χ0n) is 12.7. The number of ether oxygens (including phenoxy) is 1. The van der Waals surface area contributed by atoms with Gasteiger partial charge in [-0.3, -0.25) is 4.90 Å². The van der Waals surface area contributed by atoms with E-state index in [1.165, 1.54) is 18.4 Å². The molecule has 22 heavy (non-hydrogen) atoms. The number of benzene rings is 2. The fourth-order valence-electron chi connectivity index (χ4n) is 2.84. The van der Waals surface area contributed by atoms with Crippen LogP contribution in [0.5, 0.6) is 0 Å². The quantitative estimate of drug-likeness (QED) is 0.789. The average molecular weight is 295 g/mol. The van der Waals surface area contributed by atoms with Crippen LogP contribution in [0, 0.1) is 0 Å². The predicted molar refractivity (Wildman–Crippen MR) is 86.5 cm³/mol. The van der Waals surface area contributed by atoms with Crippen LogP contribution in [0.1, 0.15) is 34.3 Å². The van der Waals surface area contributed by atoms with Crippen molar-refractivity contribution in [1.82, 2.24) is 4.90 Å². The molecular formula is C19H21NO2. The first-order chi connectivity index (χ1) is 10.8. The Balaban J connectivity index is 1.63. The molecule has 1 saturated heterocycles. The maximum absolute atomic E-state index is 12.0. The molecule has 0 aliphatic carbocycles. The SMILES string of the molecule is O=C(OCc1ccccc1CN1CCCC1)c1ccccc1. The van der Waals surface area contributed by atoms with E-state index in [9.17, 15) is 4.79 Å². The first-order valence-electron chi connectivity index (χ1n) is 7.84. The highest BCUT2D eigenvalue weighted by molar-refractivity contribution is 5.89. The molecule has 1 fully saturated rings. The minimum atomic E-state index is -0.267. The predicted octanol–water partition coefficient (Wildman–Crippen LogP) is 3.64. The number of carbonyl (C=O) groups is 1. The summed E-state index contributed by atoms with van der Waals surface area (Å²) in [6.07, 6.45) is 2.57. The van der Waals surface area contributed by atoms with Crippen molar-refractivity contribution in [3.05, 3.63) is 71.3 Å². The van der Waals surface area contributed by atoms with Crippen LogP contribution in [-0.4, -0.2) is 24.0 Å². The molecule has 0 N–H and O–H groups in total. The van der Waals surface area contributed by atoms with Gasteiger partial charge in [0.2, 0.25) is 0 Å². The second-order valence-corrected chi connectivity index (χ2v) is 5.69. The first kappa shape index (κ1) is 14.8. The van der Waals surface area contributed by atoms with Crippen LogP contribution in [0.15, 0.2) is 54.6 Å². The van der Waals surface area contributed by atoms with Crippen LogP contribution in [0.4, 0.5) is 0 Å². The van der Waals surface area contributed by atoms with Crippen LogP contribution < -0.4 is 0 Å². The third kappa shape index (κ3) is 3.74. The van der Waals surface area contributed by atoms with E-state index in [1.54, 1.807) is 12.1 Å². The summed E-state index contributed by atoms with van der Waals surface area (Å²) in [6, 6.07) is 17.4. The molecular weight excluding hydrogens is 274 g/mol. The first-order valence-corrected chi connectivity index (χ1v) is 7.84. The molecule has 0 spiro atoms. The third-order valence-electron chi connectivity index (χ3n) is 4.08. The van der Waals surface area contributed by atoms with E-state index in [2.05, 4.69) is 11.0 Å². The number of esters is 1. The van der Waals surface area contributed by atoms with Gasteiger partial charge in [0, 0.05) is 6.54 Å². The molecule has 0 unspecified atom stereocenters. The van der Waals surface area contributed by atoms with Crippen LogP contribution in [-0.2, 0) is 17.9 Å². The van der Waals surface area contributed by atoms with Gasteiger partial charge >= 0.3 is 5.97 Å². The van der Waals surface area contributed by atoms with E-state index >= 15 is 0 Å². The van der Waals surface area contributed by atoms with Gasteiger partial charge in [-0.1, -0.05) is 42.5 Å². The Kier molecular flexibility index (Phi) is 4.86. The summed E-state index contributed by atoms with van der Waals surface area (Å²) >= 11 is 0. The molecule has 1 heterocycles. The van der Waals surface area contributed by atoms with Crippen molar-refractivity contribution < 1.29 is 9.53 Å². The Morgan fingerprint density at radius 2 is 1.55 bits per heavy atom. The van der Waals surface area contributed by atoms with Gasteiger partial charge in [0.15, 0.2) is 0 Å². The molecule has 0 radical (unpaired) electrons. The van der Waals surface area contributed by atoms with Crippen LogP contribution in [0.3, 0.4) is 0 Å².